The molecule has 0 heteroatoms. The normalized spacial score (nSPS) is 67.0. The molecule has 0 N–H and O–H groups in total. The second kappa shape index (κ2) is 4.51. The first-order chi connectivity index (χ1) is 9.59. The first kappa shape index (κ1) is 15.9. The number of fused-ring (bicyclic) bond motifs is 2. The fourth-order valence-corrected chi connectivity index (χ4v) is 6.12. The van der Waals surface area contributed by atoms with Crippen molar-refractivity contribution in [3.05, 3.63) is 0 Å². The molecule has 0 amide bonds. The SMILES string of the molecule is CC1C2C(C)C12C.CC1C2[C@H](C)[C@@H](C)[C@]12C.CC1CC1C. The van der Waals surface area contributed by atoms with Crippen molar-refractivity contribution < 1.29 is 0 Å². The van der Waals surface area contributed by atoms with Gasteiger partial charge in [-0.25, -0.2) is 0 Å². The van der Waals surface area contributed by atoms with Crippen molar-refractivity contribution in [3.8, 4) is 0 Å². The maximum absolute atomic E-state index is 2.45. The molecule has 5 aliphatic rings. The van der Waals surface area contributed by atoms with E-state index in [0.29, 0.717) is 0 Å². The Hall–Kier alpha value is 0. The van der Waals surface area contributed by atoms with Crippen LogP contribution in [0.5, 0.6) is 0 Å². The number of rotatable bonds is 0. The average Bonchev–Trinajstić information content (AvgIpc) is 3.39. The van der Waals surface area contributed by atoms with E-state index in [-0.39, 0.29) is 0 Å². The zero-order chi connectivity index (χ0) is 15.9. The third kappa shape index (κ3) is 2.07. The predicted molar refractivity (Wildman–Crippen MR) is 92.0 cm³/mol. The molecular formula is C21H38. The second-order valence-electron chi connectivity index (χ2n) is 9.99. The highest BCUT2D eigenvalue weighted by Crippen LogP contribution is 2.83. The van der Waals surface area contributed by atoms with Gasteiger partial charge in [-0.3, -0.25) is 0 Å². The fraction of sp³-hybridized carbons (Fsp3) is 1.00. The molecule has 0 aromatic carbocycles. The molecule has 21 heavy (non-hydrogen) atoms. The summed E-state index contributed by atoms with van der Waals surface area (Å²) < 4.78 is 0. The highest BCUT2D eigenvalue weighted by atomic mass is 14.8. The molecule has 9 atom stereocenters. The van der Waals surface area contributed by atoms with E-state index in [0.717, 1.165) is 64.1 Å². The summed E-state index contributed by atoms with van der Waals surface area (Å²) in [5.41, 5.74) is 1.61. The van der Waals surface area contributed by atoms with E-state index in [9.17, 15) is 0 Å². The molecule has 0 spiro atoms. The van der Waals surface area contributed by atoms with E-state index >= 15 is 0 Å². The second-order valence-corrected chi connectivity index (χ2v) is 9.99. The molecule has 0 bridgehead atoms. The Labute approximate surface area is 133 Å². The van der Waals surface area contributed by atoms with Gasteiger partial charge in [0.2, 0.25) is 0 Å². The molecule has 0 aliphatic heterocycles. The van der Waals surface area contributed by atoms with Crippen LogP contribution in [0.2, 0.25) is 0 Å². The van der Waals surface area contributed by atoms with Crippen LogP contribution in [0.4, 0.5) is 0 Å². The van der Waals surface area contributed by atoms with Crippen LogP contribution in [0.1, 0.15) is 68.7 Å². The van der Waals surface area contributed by atoms with Crippen molar-refractivity contribution in [3.63, 3.8) is 0 Å². The van der Waals surface area contributed by atoms with Crippen molar-refractivity contribution in [1.82, 2.24) is 0 Å². The zero-order valence-corrected chi connectivity index (χ0v) is 15.9. The summed E-state index contributed by atoms with van der Waals surface area (Å²) in [7, 11) is 0. The lowest BCUT2D eigenvalue weighted by molar-refractivity contribution is 0.105. The summed E-state index contributed by atoms with van der Waals surface area (Å²) in [4.78, 5) is 0. The first-order valence-corrected chi connectivity index (χ1v) is 9.59. The standard InChI is InChI=1S/C9H16.C7H12.C5H10/c1-5-6(2)9(4)7(3)8(5)9;1-4-6-5(2)7(4,6)3;1-4-3-5(4)2/h5-8H,1-4H3;4-6H,1-3H3;4-5H,3H2,1-2H3/t5-,6-,7?,8?,9-;;/m1../s1. The smallest absolute Gasteiger partial charge is 0.0235 e. The van der Waals surface area contributed by atoms with Gasteiger partial charge in [-0.15, -0.1) is 0 Å². The Bertz CT molecular complexity index is 394. The Morgan fingerprint density at radius 3 is 0.952 bits per heavy atom. The molecule has 0 aromatic heterocycles. The van der Waals surface area contributed by atoms with Crippen LogP contribution in [0.15, 0.2) is 0 Å². The molecule has 0 saturated heterocycles. The van der Waals surface area contributed by atoms with Gasteiger partial charge in [0.15, 0.2) is 0 Å². The van der Waals surface area contributed by atoms with Gasteiger partial charge in [0.1, 0.15) is 0 Å². The van der Waals surface area contributed by atoms with Gasteiger partial charge in [0, 0.05) is 0 Å². The van der Waals surface area contributed by atoms with Crippen LogP contribution >= 0.6 is 0 Å². The molecule has 0 heterocycles. The van der Waals surface area contributed by atoms with E-state index < -0.39 is 0 Å². The molecular weight excluding hydrogens is 252 g/mol. The van der Waals surface area contributed by atoms with E-state index in [1.165, 1.54) is 6.42 Å². The zero-order valence-electron chi connectivity index (χ0n) is 15.9. The van der Waals surface area contributed by atoms with Gasteiger partial charge in [-0.05, 0) is 70.5 Å². The molecule has 0 radical (unpaired) electrons. The van der Waals surface area contributed by atoms with E-state index in [1.807, 2.05) is 0 Å². The summed E-state index contributed by atoms with van der Waals surface area (Å²) in [6.07, 6.45) is 1.47. The van der Waals surface area contributed by atoms with Gasteiger partial charge in [-0.2, -0.15) is 0 Å². The third-order valence-corrected chi connectivity index (χ3v) is 9.52. The van der Waals surface area contributed by atoms with E-state index in [2.05, 4.69) is 62.3 Å². The van der Waals surface area contributed by atoms with Crippen LogP contribution in [0.3, 0.4) is 0 Å². The Balaban J connectivity index is 0.0000000987. The maximum Gasteiger partial charge on any atom is -0.0235 e. The Morgan fingerprint density at radius 2 is 0.905 bits per heavy atom. The summed E-state index contributed by atoms with van der Waals surface area (Å²) in [6.45, 7) is 21.4. The molecule has 122 valence electrons. The van der Waals surface area contributed by atoms with Crippen molar-refractivity contribution in [2.24, 2.45) is 64.1 Å². The maximum atomic E-state index is 2.45. The predicted octanol–water partition coefficient (Wildman–Crippen LogP) is 6.12. The lowest BCUT2D eigenvalue weighted by Gasteiger charge is -2.37. The van der Waals surface area contributed by atoms with Gasteiger partial charge >= 0.3 is 0 Å². The van der Waals surface area contributed by atoms with Crippen LogP contribution in [-0.4, -0.2) is 0 Å². The van der Waals surface area contributed by atoms with Gasteiger partial charge < -0.3 is 0 Å². The largest absolute Gasteiger partial charge is 0.0622 e. The Kier molecular flexibility index (Phi) is 3.41. The lowest BCUT2D eigenvalue weighted by Crippen LogP contribution is -2.32. The van der Waals surface area contributed by atoms with E-state index in [1.54, 1.807) is 0 Å². The minimum Gasteiger partial charge on any atom is -0.0622 e. The van der Waals surface area contributed by atoms with Crippen LogP contribution in [0.25, 0.3) is 0 Å². The topological polar surface area (TPSA) is 0 Å². The molecule has 0 nitrogen and oxygen atoms in total. The van der Waals surface area contributed by atoms with Crippen LogP contribution in [-0.2, 0) is 0 Å². The highest BCUT2D eigenvalue weighted by molar-refractivity contribution is 5.26. The number of hydrogen-bond acceptors (Lipinski definition) is 0. The van der Waals surface area contributed by atoms with Crippen molar-refractivity contribution in [2.75, 3.05) is 0 Å². The van der Waals surface area contributed by atoms with Gasteiger partial charge in [0.25, 0.3) is 0 Å². The third-order valence-electron chi connectivity index (χ3n) is 9.52. The van der Waals surface area contributed by atoms with Crippen molar-refractivity contribution in [2.45, 2.75) is 68.7 Å². The molecule has 6 unspecified atom stereocenters. The summed E-state index contributed by atoms with van der Waals surface area (Å²) in [5, 5.41) is 0. The first-order valence-electron chi connectivity index (χ1n) is 9.59. The average molecular weight is 291 g/mol. The quantitative estimate of drug-likeness (QED) is 0.504. The highest BCUT2D eigenvalue weighted by Gasteiger charge is 2.78. The van der Waals surface area contributed by atoms with Gasteiger partial charge in [0.05, 0.1) is 0 Å². The molecule has 5 fully saturated rings. The number of hydrogen-bond donors (Lipinski definition) is 0. The molecule has 5 rings (SSSR count). The van der Waals surface area contributed by atoms with Gasteiger partial charge in [-0.1, -0.05) is 62.3 Å². The van der Waals surface area contributed by atoms with Crippen LogP contribution < -0.4 is 0 Å². The van der Waals surface area contributed by atoms with Crippen molar-refractivity contribution in [1.29, 1.82) is 0 Å². The molecule has 0 aromatic rings. The minimum atomic E-state index is 0.777. The molecule has 5 aliphatic carbocycles. The molecule has 5 saturated carbocycles. The van der Waals surface area contributed by atoms with Crippen LogP contribution in [0, 0.1) is 64.1 Å². The Morgan fingerprint density at radius 1 is 0.571 bits per heavy atom. The fourth-order valence-electron chi connectivity index (χ4n) is 6.12. The van der Waals surface area contributed by atoms with Crippen molar-refractivity contribution >= 4 is 0 Å². The van der Waals surface area contributed by atoms with E-state index in [4.69, 9.17) is 0 Å². The monoisotopic (exact) mass is 290 g/mol. The summed E-state index contributed by atoms with van der Waals surface area (Å²) >= 11 is 0. The summed E-state index contributed by atoms with van der Waals surface area (Å²) in [5.74, 6) is 9.51. The summed E-state index contributed by atoms with van der Waals surface area (Å²) in [6, 6.07) is 0. The lowest BCUT2D eigenvalue weighted by atomic mass is 9.67. The minimum absolute atomic E-state index is 0.777.